The molecule has 0 spiro atoms. The number of methoxy groups -OCH3 is 1. The molecule has 136 valence electrons. The first-order valence-corrected chi connectivity index (χ1v) is 7.91. The fourth-order valence-electron chi connectivity index (χ4n) is 2.08. The number of ether oxygens (including phenoxy) is 2. The number of rotatable bonds is 8. The maximum absolute atomic E-state index is 11.8. The molecule has 0 bridgehead atoms. The van der Waals surface area contributed by atoms with Gasteiger partial charge in [0.15, 0.2) is 0 Å². The van der Waals surface area contributed by atoms with Crippen LogP contribution in [0.1, 0.15) is 51.9 Å². The highest BCUT2D eigenvalue weighted by atomic mass is 16.6. The number of nitrogens with zero attached hydrogens (tertiary/aromatic N) is 1. The molecule has 1 aromatic rings. The average molecular weight is 342 g/mol. The standard InChI is InChI=1S/C16H26N2O6/c1-6-7-8-10-12(24-18-13(10)22-5)9-11(14(19)20)17-15(21)23-16(2,3)4/h11H,6-9H2,1-5H3,(H,17,21)(H,19,20)/t11-/m0/s1. The van der Waals surface area contributed by atoms with Gasteiger partial charge in [0.25, 0.3) is 5.88 Å². The number of unbranched alkanes of at least 4 members (excludes halogenated alkanes) is 1. The molecule has 24 heavy (non-hydrogen) atoms. The number of alkyl carbamates (subject to hydrolysis) is 1. The summed E-state index contributed by atoms with van der Waals surface area (Å²) in [6, 6.07) is -1.18. The van der Waals surface area contributed by atoms with Gasteiger partial charge in [0.1, 0.15) is 17.4 Å². The highest BCUT2D eigenvalue weighted by Crippen LogP contribution is 2.24. The highest BCUT2D eigenvalue weighted by molar-refractivity contribution is 5.80. The zero-order chi connectivity index (χ0) is 18.3. The summed E-state index contributed by atoms with van der Waals surface area (Å²) >= 11 is 0. The SMILES string of the molecule is CCCCc1c(OC)noc1C[C@H](NC(=O)OC(C)(C)C)C(=O)O. The number of carbonyl (C=O) groups excluding carboxylic acids is 1. The zero-order valence-electron chi connectivity index (χ0n) is 14.8. The van der Waals surface area contributed by atoms with E-state index in [-0.39, 0.29) is 6.42 Å². The van der Waals surface area contributed by atoms with E-state index in [9.17, 15) is 14.7 Å². The minimum Gasteiger partial charge on any atom is -0.480 e. The van der Waals surface area contributed by atoms with E-state index in [1.165, 1.54) is 7.11 Å². The Bertz CT molecular complexity index is 561. The fraction of sp³-hybridized carbons (Fsp3) is 0.688. The summed E-state index contributed by atoms with van der Waals surface area (Å²) in [6.45, 7) is 7.15. The van der Waals surface area contributed by atoms with Gasteiger partial charge in [-0.05, 0) is 38.8 Å². The molecule has 0 aliphatic rings. The van der Waals surface area contributed by atoms with Crippen LogP contribution in [0, 0.1) is 0 Å². The molecule has 1 atom stereocenters. The van der Waals surface area contributed by atoms with Crippen LogP contribution < -0.4 is 10.1 Å². The highest BCUT2D eigenvalue weighted by Gasteiger charge is 2.28. The van der Waals surface area contributed by atoms with Crippen molar-refractivity contribution < 1.29 is 28.7 Å². The van der Waals surface area contributed by atoms with Crippen molar-refractivity contribution in [1.82, 2.24) is 10.5 Å². The molecule has 0 saturated heterocycles. The maximum atomic E-state index is 11.8. The van der Waals surface area contributed by atoms with E-state index in [4.69, 9.17) is 14.0 Å². The van der Waals surface area contributed by atoms with Crippen LogP contribution in [-0.4, -0.2) is 41.1 Å². The van der Waals surface area contributed by atoms with Gasteiger partial charge < -0.3 is 24.4 Å². The number of aromatic nitrogens is 1. The molecule has 1 heterocycles. The number of amides is 1. The molecule has 1 aromatic heterocycles. The summed E-state index contributed by atoms with van der Waals surface area (Å²) in [5, 5.41) is 15.5. The van der Waals surface area contributed by atoms with Crippen LogP contribution >= 0.6 is 0 Å². The Morgan fingerprint density at radius 3 is 2.54 bits per heavy atom. The third kappa shape index (κ3) is 6.10. The van der Waals surface area contributed by atoms with Crippen LogP contribution in [0.5, 0.6) is 5.88 Å². The van der Waals surface area contributed by atoms with Gasteiger partial charge in [-0.25, -0.2) is 9.59 Å². The first-order chi connectivity index (χ1) is 11.2. The van der Waals surface area contributed by atoms with E-state index in [1.54, 1.807) is 20.8 Å². The molecule has 8 heteroatoms. The first-order valence-electron chi connectivity index (χ1n) is 7.91. The Morgan fingerprint density at radius 2 is 2.04 bits per heavy atom. The first kappa shape index (κ1) is 19.8. The van der Waals surface area contributed by atoms with E-state index < -0.39 is 23.7 Å². The monoisotopic (exact) mass is 342 g/mol. The smallest absolute Gasteiger partial charge is 0.408 e. The van der Waals surface area contributed by atoms with E-state index in [2.05, 4.69) is 10.5 Å². The molecular weight excluding hydrogens is 316 g/mol. The Kier molecular flexibility index (Phi) is 7.06. The van der Waals surface area contributed by atoms with Gasteiger partial charge in [0, 0.05) is 6.42 Å². The summed E-state index contributed by atoms with van der Waals surface area (Å²) in [5.41, 5.74) is 0.0195. The molecule has 8 nitrogen and oxygen atoms in total. The summed E-state index contributed by atoms with van der Waals surface area (Å²) < 4.78 is 15.5. The van der Waals surface area contributed by atoms with Crippen molar-refractivity contribution in [2.24, 2.45) is 0 Å². The van der Waals surface area contributed by atoms with Crippen molar-refractivity contribution in [2.75, 3.05) is 7.11 Å². The van der Waals surface area contributed by atoms with Gasteiger partial charge in [0.2, 0.25) is 0 Å². The van der Waals surface area contributed by atoms with Crippen LogP contribution in [0.2, 0.25) is 0 Å². The number of carboxylic acid groups (broad SMARTS) is 1. The van der Waals surface area contributed by atoms with Crippen molar-refractivity contribution in [3.63, 3.8) is 0 Å². The van der Waals surface area contributed by atoms with Crippen molar-refractivity contribution in [2.45, 2.75) is 65.0 Å². The van der Waals surface area contributed by atoms with Crippen LogP contribution in [0.3, 0.4) is 0 Å². The third-order valence-electron chi connectivity index (χ3n) is 3.19. The van der Waals surface area contributed by atoms with Crippen molar-refractivity contribution >= 4 is 12.1 Å². The summed E-state index contributed by atoms with van der Waals surface area (Å²) in [5.74, 6) is -0.443. The number of hydrogen-bond donors (Lipinski definition) is 2. The predicted octanol–water partition coefficient (Wildman–Crippen LogP) is 2.55. The summed E-state index contributed by atoms with van der Waals surface area (Å²) in [4.78, 5) is 23.3. The van der Waals surface area contributed by atoms with Gasteiger partial charge >= 0.3 is 12.1 Å². The van der Waals surface area contributed by atoms with Crippen LogP contribution in [0.25, 0.3) is 0 Å². The second kappa shape index (κ2) is 8.56. The van der Waals surface area contributed by atoms with Gasteiger partial charge in [-0.2, -0.15) is 0 Å². The fourth-order valence-corrected chi connectivity index (χ4v) is 2.08. The van der Waals surface area contributed by atoms with Crippen molar-refractivity contribution in [3.05, 3.63) is 11.3 Å². The lowest BCUT2D eigenvalue weighted by Gasteiger charge is -2.21. The molecule has 0 aromatic carbocycles. The predicted molar refractivity (Wildman–Crippen MR) is 86.2 cm³/mol. The lowest BCUT2D eigenvalue weighted by atomic mass is 10.0. The molecule has 0 fully saturated rings. The maximum Gasteiger partial charge on any atom is 0.408 e. The lowest BCUT2D eigenvalue weighted by Crippen LogP contribution is -2.44. The lowest BCUT2D eigenvalue weighted by molar-refractivity contribution is -0.139. The normalized spacial score (nSPS) is 12.5. The molecule has 0 aliphatic carbocycles. The van der Waals surface area contributed by atoms with Gasteiger partial charge in [-0.3, -0.25) is 0 Å². The Balaban J connectivity index is 2.87. The number of aliphatic carboxylic acids is 1. The van der Waals surface area contributed by atoms with Gasteiger partial charge in [0.05, 0.1) is 12.7 Å². The van der Waals surface area contributed by atoms with Gasteiger partial charge in [-0.1, -0.05) is 13.3 Å². The molecule has 1 rings (SSSR count). The largest absolute Gasteiger partial charge is 0.480 e. The van der Waals surface area contributed by atoms with Crippen molar-refractivity contribution in [1.29, 1.82) is 0 Å². The number of carboxylic acids is 1. The minimum atomic E-state index is -1.18. The van der Waals surface area contributed by atoms with E-state index in [0.717, 1.165) is 18.4 Å². The summed E-state index contributed by atoms with van der Waals surface area (Å²) in [7, 11) is 1.48. The van der Waals surface area contributed by atoms with E-state index in [0.29, 0.717) is 18.1 Å². The minimum absolute atomic E-state index is 0.0377. The Hall–Kier alpha value is -2.25. The zero-order valence-corrected chi connectivity index (χ0v) is 14.8. The average Bonchev–Trinajstić information content (AvgIpc) is 2.84. The third-order valence-corrected chi connectivity index (χ3v) is 3.19. The molecular formula is C16H26N2O6. The molecule has 0 saturated carbocycles. The van der Waals surface area contributed by atoms with Crippen LogP contribution in [0.4, 0.5) is 4.79 Å². The van der Waals surface area contributed by atoms with Gasteiger partial charge in [-0.15, -0.1) is 0 Å². The van der Waals surface area contributed by atoms with Crippen LogP contribution in [0.15, 0.2) is 4.52 Å². The quantitative estimate of drug-likeness (QED) is 0.746. The molecule has 0 aliphatic heterocycles. The Morgan fingerprint density at radius 1 is 1.38 bits per heavy atom. The molecule has 0 unspecified atom stereocenters. The van der Waals surface area contributed by atoms with Crippen LogP contribution in [-0.2, 0) is 22.4 Å². The second-order valence-corrected chi connectivity index (χ2v) is 6.44. The number of hydrogen-bond acceptors (Lipinski definition) is 6. The second-order valence-electron chi connectivity index (χ2n) is 6.44. The van der Waals surface area contributed by atoms with E-state index >= 15 is 0 Å². The van der Waals surface area contributed by atoms with Crippen molar-refractivity contribution in [3.8, 4) is 5.88 Å². The summed E-state index contributed by atoms with van der Waals surface area (Å²) in [6.07, 6.45) is 1.69. The number of carbonyl (C=O) groups is 2. The molecule has 1 amide bonds. The van der Waals surface area contributed by atoms with E-state index in [1.807, 2.05) is 6.92 Å². The Labute approximate surface area is 141 Å². The topological polar surface area (TPSA) is 111 Å². The molecule has 2 N–H and O–H groups in total. The number of nitrogens with one attached hydrogen (secondary N) is 1. The molecule has 0 radical (unpaired) electrons.